The summed E-state index contributed by atoms with van der Waals surface area (Å²) in [5.41, 5.74) is 2.19. The lowest BCUT2D eigenvalue weighted by Crippen LogP contribution is -2.09. The van der Waals surface area contributed by atoms with Crippen LogP contribution in [0.1, 0.15) is 34.8 Å². The van der Waals surface area contributed by atoms with Gasteiger partial charge in [-0.05, 0) is 64.6 Å². The van der Waals surface area contributed by atoms with E-state index in [2.05, 4.69) is 6.92 Å². The van der Waals surface area contributed by atoms with Crippen LogP contribution in [-0.4, -0.2) is 5.78 Å². The van der Waals surface area contributed by atoms with Crippen LogP contribution in [0.5, 0.6) is 0 Å². The minimum absolute atomic E-state index is 0.0869. The maximum Gasteiger partial charge on any atom is 0.194 e. The Balaban J connectivity index is 1.60. The number of hydrogen-bond donors (Lipinski definition) is 0. The third kappa shape index (κ3) is 5.34. The molecule has 1 nitrogen and oxygen atoms in total. The highest BCUT2D eigenvalue weighted by atomic mass is 35.5. The van der Waals surface area contributed by atoms with Crippen molar-refractivity contribution in [1.29, 1.82) is 0 Å². The number of halogens is 6. The molecule has 0 heterocycles. The second kappa shape index (κ2) is 10.6. The normalized spacial score (nSPS) is 11.1. The van der Waals surface area contributed by atoms with Crippen molar-refractivity contribution in [1.82, 2.24) is 0 Å². The van der Waals surface area contributed by atoms with Gasteiger partial charge in [0.2, 0.25) is 0 Å². The molecule has 4 rings (SSSR count). The zero-order chi connectivity index (χ0) is 26.0. The molecule has 0 radical (unpaired) electrons. The Labute approximate surface area is 210 Å². The first-order valence-electron chi connectivity index (χ1n) is 11.2. The van der Waals surface area contributed by atoms with Gasteiger partial charge >= 0.3 is 0 Å². The van der Waals surface area contributed by atoms with E-state index in [-0.39, 0.29) is 21.7 Å². The molecular weight excluding hydrogens is 495 g/mol. The van der Waals surface area contributed by atoms with Gasteiger partial charge in [-0.25, -0.2) is 22.0 Å². The van der Waals surface area contributed by atoms with Crippen LogP contribution in [0.4, 0.5) is 22.0 Å². The van der Waals surface area contributed by atoms with Gasteiger partial charge in [0.15, 0.2) is 23.2 Å². The average Bonchev–Trinajstić information content (AvgIpc) is 2.82. The summed E-state index contributed by atoms with van der Waals surface area (Å²) in [4.78, 5) is 12.6. The zero-order valence-corrected chi connectivity index (χ0v) is 19.9. The van der Waals surface area contributed by atoms with Gasteiger partial charge in [0.25, 0.3) is 0 Å². The molecule has 7 heteroatoms. The molecule has 0 amide bonds. The van der Waals surface area contributed by atoms with Crippen LogP contribution in [0, 0.1) is 29.1 Å². The molecule has 0 saturated heterocycles. The number of carbonyl (C=O) groups excluding carboxylic acids is 1. The van der Waals surface area contributed by atoms with E-state index in [1.807, 2.05) is 24.3 Å². The van der Waals surface area contributed by atoms with E-state index < -0.39 is 46.9 Å². The molecule has 0 aromatic heterocycles. The topological polar surface area (TPSA) is 17.1 Å². The Bertz CT molecular complexity index is 1400. The minimum Gasteiger partial charge on any atom is -0.294 e. The Morgan fingerprint density at radius 1 is 0.694 bits per heavy atom. The van der Waals surface area contributed by atoms with Crippen molar-refractivity contribution >= 4 is 17.4 Å². The fourth-order valence-corrected chi connectivity index (χ4v) is 4.37. The first-order valence-corrected chi connectivity index (χ1v) is 11.6. The zero-order valence-electron chi connectivity index (χ0n) is 19.1. The molecule has 0 unspecified atom stereocenters. The summed E-state index contributed by atoms with van der Waals surface area (Å²) in [6.45, 7) is 2.09. The number of aryl methyl sites for hydroxylation is 1. The Morgan fingerprint density at radius 3 is 1.89 bits per heavy atom. The minimum atomic E-state index is -1.67. The third-order valence-electron chi connectivity index (χ3n) is 5.84. The molecule has 184 valence electrons. The molecule has 4 aromatic rings. The molecule has 0 bridgehead atoms. The van der Waals surface area contributed by atoms with Gasteiger partial charge in [-0.15, -0.1) is 0 Å². The molecular formula is C29H20ClF5O. The highest BCUT2D eigenvalue weighted by molar-refractivity contribution is 6.34. The van der Waals surface area contributed by atoms with Gasteiger partial charge in [0.1, 0.15) is 11.6 Å². The van der Waals surface area contributed by atoms with E-state index in [1.165, 1.54) is 23.8 Å². The summed E-state index contributed by atoms with van der Waals surface area (Å²) in [7, 11) is 0. The Hall–Kier alpha value is -3.51. The first-order chi connectivity index (χ1) is 17.2. The molecule has 0 aliphatic rings. The van der Waals surface area contributed by atoms with Crippen LogP contribution in [0.2, 0.25) is 5.02 Å². The van der Waals surface area contributed by atoms with Crippen LogP contribution >= 0.6 is 11.6 Å². The van der Waals surface area contributed by atoms with Crippen LogP contribution in [0.3, 0.4) is 0 Å². The van der Waals surface area contributed by atoms with E-state index >= 15 is 4.39 Å². The van der Waals surface area contributed by atoms with Crippen molar-refractivity contribution in [3.63, 3.8) is 0 Å². The maximum atomic E-state index is 15.0. The molecule has 4 aromatic carbocycles. The predicted octanol–water partition coefficient (Wildman–Crippen LogP) is 8.75. The fraction of sp³-hybridized carbons (Fsp3) is 0.138. The quantitative estimate of drug-likeness (QED) is 0.137. The Morgan fingerprint density at radius 2 is 1.31 bits per heavy atom. The fourth-order valence-electron chi connectivity index (χ4n) is 4.06. The molecule has 0 spiro atoms. The maximum absolute atomic E-state index is 15.0. The number of rotatable bonds is 7. The van der Waals surface area contributed by atoms with E-state index in [1.54, 1.807) is 6.07 Å². The summed E-state index contributed by atoms with van der Waals surface area (Å²) in [5.74, 6) is -7.07. The second-order valence-electron chi connectivity index (χ2n) is 8.43. The van der Waals surface area contributed by atoms with Crippen molar-refractivity contribution in [2.75, 3.05) is 0 Å². The van der Waals surface area contributed by atoms with E-state index in [0.717, 1.165) is 24.5 Å². The van der Waals surface area contributed by atoms with Crippen molar-refractivity contribution in [2.45, 2.75) is 26.2 Å². The lowest BCUT2D eigenvalue weighted by molar-refractivity contribution is 0.0989. The molecule has 0 N–H and O–H groups in total. The van der Waals surface area contributed by atoms with Crippen molar-refractivity contribution < 1.29 is 26.7 Å². The van der Waals surface area contributed by atoms with Gasteiger partial charge in [0, 0.05) is 12.0 Å². The second-order valence-corrected chi connectivity index (χ2v) is 8.84. The summed E-state index contributed by atoms with van der Waals surface area (Å²) in [5, 5.41) is -0.284. The van der Waals surface area contributed by atoms with Gasteiger partial charge in [-0.3, -0.25) is 4.79 Å². The molecule has 0 saturated carbocycles. The van der Waals surface area contributed by atoms with Crippen LogP contribution < -0.4 is 0 Å². The summed E-state index contributed by atoms with van der Waals surface area (Å²) in [6, 6.07) is 15.9. The number of Topliss-reactive ketones (excluding diaryl/α,β-unsaturated/α-hetero) is 1. The third-order valence-corrected chi connectivity index (χ3v) is 6.13. The molecule has 36 heavy (non-hydrogen) atoms. The van der Waals surface area contributed by atoms with Gasteiger partial charge in [-0.2, -0.15) is 0 Å². The largest absolute Gasteiger partial charge is 0.294 e. The van der Waals surface area contributed by atoms with E-state index in [0.29, 0.717) is 17.7 Å². The van der Waals surface area contributed by atoms with E-state index in [4.69, 9.17) is 11.6 Å². The number of ketones is 1. The number of benzene rings is 4. The standard InChI is InChI=1S/C29H20ClF5O/c1-2-3-16-4-6-18(7-5-16)19-8-9-21(23(31)14-19)20-13-22(30)28(24(32)15-20)27(36)12-17-10-25(33)29(35)26(34)11-17/h4-11,13-15H,2-3,12H2,1H3. The summed E-state index contributed by atoms with van der Waals surface area (Å²) in [6.07, 6.45) is 1.37. The highest BCUT2D eigenvalue weighted by Crippen LogP contribution is 2.33. The lowest BCUT2D eigenvalue weighted by Gasteiger charge is -2.11. The number of carbonyl (C=O) groups is 1. The van der Waals surface area contributed by atoms with E-state index in [9.17, 15) is 22.4 Å². The highest BCUT2D eigenvalue weighted by Gasteiger charge is 2.21. The van der Waals surface area contributed by atoms with Gasteiger partial charge in [-0.1, -0.05) is 61.3 Å². The smallest absolute Gasteiger partial charge is 0.194 e. The average molecular weight is 515 g/mol. The predicted molar refractivity (Wildman–Crippen MR) is 131 cm³/mol. The van der Waals surface area contributed by atoms with Crippen molar-refractivity contribution in [2.24, 2.45) is 0 Å². The van der Waals surface area contributed by atoms with Crippen LogP contribution in [0.15, 0.2) is 66.7 Å². The van der Waals surface area contributed by atoms with Crippen LogP contribution in [0.25, 0.3) is 22.3 Å². The summed E-state index contributed by atoms with van der Waals surface area (Å²) >= 11 is 6.16. The molecule has 0 fully saturated rings. The monoisotopic (exact) mass is 514 g/mol. The molecule has 0 atom stereocenters. The van der Waals surface area contributed by atoms with Crippen molar-refractivity contribution in [3.8, 4) is 22.3 Å². The summed E-state index contributed by atoms with van der Waals surface area (Å²) < 4.78 is 70.0. The SMILES string of the molecule is CCCc1ccc(-c2ccc(-c3cc(F)c(C(=O)Cc4cc(F)c(F)c(F)c4)c(Cl)c3)c(F)c2)cc1. The Kier molecular flexibility index (Phi) is 7.55. The molecule has 0 aliphatic heterocycles. The van der Waals surface area contributed by atoms with Gasteiger partial charge < -0.3 is 0 Å². The van der Waals surface area contributed by atoms with Crippen molar-refractivity contribution in [3.05, 3.63) is 118 Å². The number of hydrogen-bond acceptors (Lipinski definition) is 1. The lowest BCUT2D eigenvalue weighted by atomic mass is 9.96. The first kappa shape index (κ1) is 25.6. The van der Waals surface area contributed by atoms with Gasteiger partial charge in [0.05, 0.1) is 10.6 Å². The van der Waals surface area contributed by atoms with Crippen LogP contribution in [-0.2, 0) is 12.8 Å². The molecule has 0 aliphatic carbocycles.